The van der Waals surface area contributed by atoms with E-state index in [1.165, 1.54) is 18.4 Å². The lowest BCUT2D eigenvalue weighted by atomic mass is 10.0. The molecule has 3 aliphatic rings. The molecule has 4 heterocycles. The summed E-state index contributed by atoms with van der Waals surface area (Å²) in [5.74, 6) is 1.66. The largest absolute Gasteiger partial charge is 0.496 e. The van der Waals surface area contributed by atoms with Gasteiger partial charge in [-0.15, -0.1) is 11.3 Å². The molecule has 11 nitrogen and oxygen atoms in total. The molecule has 0 radical (unpaired) electrons. The second kappa shape index (κ2) is 14.2. The molecule has 3 aliphatic heterocycles. The van der Waals surface area contributed by atoms with Gasteiger partial charge in [-0.05, 0) is 43.2 Å². The van der Waals surface area contributed by atoms with Gasteiger partial charge in [-0.2, -0.15) is 0 Å². The first kappa shape index (κ1) is 32.1. The van der Waals surface area contributed by atoms with Crippen molar-refractivity contribution in [3.63, 3.8) is 0 Å². The molecule has 1 saturated heterocycles. The van der Waals surface area contributed by atoms with E-state index in [1.54, 1.807) is 30.2 Å². The van der Waals surface area contributed by atoms with Gasteiger partial charge in [-0.3, -0.25) is 14.4 Å². The molecule has 0 saturated carbocycles. The number of aromatic nitrogens is 1. The molecule has 2 atom stereocenters. The zero-order chi connectivity index (χ0) is 32.1. The van der Waals surface area contributed by atoms with E-state index < -0.39 is 12.1 Å². The first-order valence-electron chi connectivity index (χ1n) is 15.1. The van der Waals surface area contributed by atoms with Gasteiger partial charge in [0, 0.05) is 50.0 Å². The van der Waals surface area contributed by atoms with Crippen molar-refractivity contribution in [1.82, 2.24) is 20.5 Å². The van der Waals surface area contributed by atoms with Crippen LogP contribution in [0, 0.1) is 6.92 Å². The number of nitrogens with zero attached hydrogens (tertiary/aromatic N) is 2. The van der Waals surface area contributed by atoms with Crippen molar-refractivity contribution in [2.45, 2.75) is 64.6 Å². The van der Waals surface area contributed by atoms with Crippen LogP contribution in [-0.4, -0.2) is 73.7 Å². The number of hydrogen-bond donors (Lipinski definition) is 2. The maximum atomic E-state index is 13.7. The Morgan fingerprint density at radius 1 is 1.07 bits per heavy atom. The van der Waals surface area contributed by atoms with Gasteiger partial charge < -0.3 is 34.5 Å². The number of amides is 3. The minimum atomic E-state index is -0.517. The lowest BCUT2D eigenvalue weighted by Crippen LogP contribution is -2.58. The molecule has 45 heavy (non-hydrogen) atoms. The van der Waals surface area contributed by atoms with E-state index in [9.17, 15) is 14.4 Å². The molecule has 6 rings (SSSR count). The summed E-state index contributed by atoms with van der Waals surface area (Å²) in [5.41, 5.74) is 2.39. The monoisotopic (exact) mass is 636 g/mol. The molecule has 3 aromatic rings. The molecule has 2 N–H and O–H groups in total. The van der Waals surface area contributed by atoms with Gasteiger partial charge in [-0.25, -0.2) is 4.98 Å². The van der Waals surface area contributed by atoms with Crippen molar-refractivity contribution in [3.8, 4) is 23.0 Å². The Morgan fingerprint density at radius 2 is 1.87 bits per heavy atom. The second-order valence-electron chi connectivity index (χ2n) is 11.5. The minimum absolute atomic E-state index is 0.105. The van der Waals surface area contributed by atoms with Crippen LogP contribution >= 0.6 is 11.3 Å². The van der Waals surface area contributed by atoms with Crippen molar-refractivity contribution in [1.29, 1.82) is 0 Å². The smallest absolute Gasteiger partial charge is 0.265 e. The second-order valence-corrected chi connectivity index (χ2v) is 12.5. The maximum Gasteiger partial charge on any atom is 0.265 e. The van der Waals surface area contributed by atoms with Gasteiger partial charge in [0.15, 0.2) is 18.1 Å². The van der Waals surface area contributed by atoms with Crippen molar-refractivity contribution in [2.24, 2.45) is 0 Å². The summed E-state index contributed by atoms with van der Waals surface area (Å²) < 4.78 is 23.4. The quantitative estimate of drug-likeness (QED) is 0.440. The van der Waals surface area contributed by atoms with Crippen LogP contribution in [0.15, 0.2) is 36.4 Å². The number of ether oxygens (including phenoxy) is 4. The number of likely N-dealkylation sites (tertiary alicyclic amines) is 1. The molecule has 0 unspecified atom stereocenters. The molecular weight excluding hydrogens is 596 g/mol. The minimum Gasteiger partial charge on any atom is -0.496 e. The zero-order valence-electron chi connectivity index (χ0n) is 26.3. The topological polar surface area (TPSA) is 128 Å². The summed E-state index contributed by atoms with van der Waals surface area (Å²) in [7, 11) is 3.10. The highest BCUT2D eigenvalue weighted by Crippen LogP contribution is 2.31. The summed E-state index contributed by atoms with van der Waals surface area (Å²) in [5, 5.41) is 6.93. The van der Waals surface area contributed by atoms with Crippen LogP contribution in [0.3, 0.4) is 0 Å². The number of methoxy groups -OCH3 is 2. The molecule has 2 aromatic carbocycles. The number of carbonyl (C=O) groups is 3. The first-order chi connectivity index (χ1) is 21.6. The number of aryl methyl sites for hydroxylation is 2. The van der Waals surface area contributed by atoms with Gasteiger partial charge in [-0.1, -0.05) is 19.9 Å². The Morgan fingerprint density at radius 3 is 2.60 bits per heavy atom. The number of fused-ring (bicyclic) bond motifs is 9. The third kappa shape index (κ3) is 7.67. The Bertz CT molecular complexity index is 1560. The molecular formula is C33H40N4O7S. The number of rotatable bonds is 4. The van der Waals surface area contributed by atoms with E-state index in [4.69, 9.17) is 18.9 Å². The van der Waals surface area contributed by atoms with E-state index in [1.807, 2.05) is 25.1 Å². The van der Waals surface area contributed by atoms with Gasteiger partial charge >= 0.3 is 0 Å². The molecule has 1 fully saturated rings. The average Bonchev–Trinajstić information content (AvgIpc) is 3.43. The van der Waals surface area contributed by atoms with Crippen molar-refractivity contribution in [2.75, 3.05) is 33.9 Å². The normalized spacial score (nSPS) is 19.2. The summed E-state index contributed by atoms with van der Waals surface area (Å²) in [4.78, 5) is 46.6. The standard InChI is InChI=1S/C33H40N4O7S/c1-19(2)32-35-20(3)31(45-32)33(40)37-13-12-25-24(17-37)36-30(39)18-43-28-14-21(6-10-26(28)41-4)7-11-29(38)34-16-22-8-9-23(44-25)15-27(22)42-5/h6,8-10,14-15,19,24-25H,7,11-13,16-18H2,1-5H3,(H,34,38)(H,36,39)/t24-,25+/m1/s1. The molecule has 0 spiro atoms. The van der Waals surface area contributed by atoms with Gasteiger partial charge in [0.25, 0.3) is 11.8 Å². The maximum absolute atomic E-state index is 13.7. The molecule has 12 heteroatoms. The van der Waals surface area contributed by atoms with Crippen LogP contribution in [0.4, 0.5) is 0 Å². The van der Waals surface area contributed by atoms with Crippen LogP contribution in [0.5, 0.6) is 23.0 Å². The Hall–Kier alpha value is -4.32. The predicted octanol–water partition coefficient (Wildman–Crippen LogP) is 4.01. The fraction of sp³-hybridized carbons (Fsp3) is 0.455. The van der Waals surface area contributed by atoms with Crippen LogP contribution in [0.2, 0.25) is 0 Å². The van der Waals surface area contributed by atoms with Crippen molar-refractivity contribution < 1.29 is 33.3 Å². The highest BCUT2D eigenvalue weighted by atomic mass is 32.1. The lowest BCUT2D eigenvalue weighted by molar-refractivity contribution is -0.125. The number of benzene rings is 2. The molecule has 240 valence electrons. The van der Waals surface area contributed by atoms with Crippen molar-refractivity contribution in [3.05, 3.63) is 63.1 Å². The Balaban J connectivity index is 1.42. The Labute approximate surface area is 267 Å². The number of piperidine rings is 1. The molecule has 3 amide bonds. The molecule has 1 aromatic heterocycles. The zero-order valence-corrected chi connectivity index (χ0v) is 27.1. The summed E-state index contributed by atoms with van der Waals surface area (Å²) in [6.45, 7) is 6.70. The van der Waals surface area contributed by atoms with E-state index in [0.29, 0.717) is 59.5 Å². The molecule has 4 bridgehead atoms. The predicted molar refractivity (Wildman–Crippen MR) is 169 cm³/mol. The van der Waals surface area contributed by atoms with E-state index in [2.05, 4.69) is 29.5 Å². The first-order valence-corrected chi connectivity index (χ1v) is 15.9. The van der Waals surface area contributed by atoms with Crippen LogP contribution in [-0.2, 0) is 22.6 Å². The van der Waals surface area contributed by atoms with Gasteiger partial charge in [0.05, 0.1) is 31.0 Å². The summed E-state index contributed by atoms with van der Waals surface area (Å²) in [6.07, 6.45) is 0.812. The number of thiazole rings is 1. The Kier molecular flexibility index (Phi) is 10.1. The SMILES string of the molecule is COc1cc2ccc1CNC(=O)CCc1ccc(OC)c(c1)OCC(=O)N[C@@H]1CN(C(=O)c3sc(C(C)C)nc3C)CC[C@@H]1O2. The summed E-state index contributed by atoms with van der Waals surface area (Å²) >= 11 is 1.42. The third-order valence-electron chi connectivity index (χ3n) is 7.93. The van der Waals surface area contributed by atoms with E-state index in [0.717, 1.165) is 16.1 Å². The van der Waals surface area contributed by atoms with Crippen LogP contribution < -0.4 is 29.6 Å². The van der Waals surface area contributed by atoms with Crippen molar-refractivity contribution >= 4 is 29.1 Å². The highest BCUT2D eigenvalue weighted by Gasteiger charge is 2.36. The van der Waals surface area contributed by atoms with Gasteiger partial charge in [0.1, 0.15) is 22.5 Å². The highest BCUT2D eigenvalue weighted by molar-refractivity contribution is 7.13. The third-order valence-corrected chi connectivity index (χ3v) is 9.38. The van der Waals surface area contributed by atoms with E-state index >= 15 is 0 Å². The average molecular weight is 637 g/mol. The fourth-order valence-corrected chi connectivity index (χ4v) is 6.48. The number of hydrogen-bond acceptors (Lipinski definition) is 9. The van der Waals surface area contributed by atoms with Crippen LogP contribution in [0.1, 0.15) is 64.1 Å². The molecule has 0 aliphatic carbocycles. The lowest BCUT2D eigenvalue weighted by Gasteiger charge is -2.38. The van der Waals surface area contributed by atoms with Gasteiger partial charge in [0.2, 0.25) is 5.91 Å². The van der Waals surface area contributed by atoms with E-state index in [-0.39, 0.29) is 43.2 Å². The number of carbonyl (C=O) groups excluding carboxylic acids is 3. The fourth-order valence-electron chi connectivity index (χ4n) is 5.44. The van der Waals surface area contributed by atoms with Crippen LogP contribution in [0.25, 0.3) is 0 Å². The summed E-state index contributed by atoms with van der Waals surface area (Å²) in [6, 6.07) is 10.4. The number of nitrogens with one attached hydrogen (secondary N) is 2.